The Balaban J connectivity index is 2.22. The topological polar surface area (TPSA) is 91.1 Å². The lowest BCUT2D eigenvalue weighted by Crippen LogP contribution is -2.36. The maximum Gasteiger partial charge on any atom is 0.170 e. The molecule has 0 aromatic carbocycles. The van der Waals surface area contributed by atoms with Crippen LogP contribution in [0.1, 0.15) is 38.2 Å². The van der Waals surface area contributed by atoms with Crippen molar-refractivity contribution in [3.8, 4) is 6.07 Å². The maximum atomic E-state index is 9.53. The van der Waals surface area contributed by atoms with Gasteiger partial charge in [0.1, 0.15) is 17.5 Å². The van der Waals surface area contributed by atoms with E-state index in [4.69, 9.17) is 5.73 Å². The Labute approximate surface area is 113 Å². The van der Waals surface area contributed by atoms with Crippen LogP contribution < -0.4 is 10.6 Å². The van der Waals surface area contributed by atoms with Gasteiger partial charge in [0.05, 0.1) is 6.10 Å². The summed E-state index contributed by atoms with van der Waals surface area (Å²) in [6, 6.07) is 2.16. The summed E-state index contributed by atoms with van der Waals surface area (Å²) in [5.41, 5.74) is 6.46. The van der Waals surface area contributed by atoms with Crippen LogP contribution in [0.3, 0.4) is 0 Å². The fourth-order valence-corrected chi connectivity index (χ4v) is 2.35. The molecule has 0 aliphatic carbocycles. The average molecular weight is 263 g/mol. The number of nitriles is 1. The molecule has 0 saturated carbocycles. The van der Waals surface area contributed by atoms with Gasteiger partial charge in [-0.05, 0) is 19.3 Å². The molecule has 0 spiro atoms. The number of aliphatic hydroxyl groups excluding tert-OH is 1. The van der Waals surface area contributed by atoms with Crippen LogP contribution >= 0.6 is 0 Å². The first-order valence-corrected chi connectivity index (χ1v) is 6.86. The second kappa shape index (κ2) is 5.93. The van der Waals surface area contributed by atoms with Gasteiger partial charge in [0.2, 0.25) is 0 Å². The molecular formula is C13H21N5O. The minimum Gasteiger partial charge on any atom is -0.393 e. The molecule has 0 atom stereocenters. The number of hydrogen-bond acceptors (Lipinski definition) is 5. The molecule has 1 fully saturated rings. The van der Waals surface area contributed by atoms with Gasteiger partial charge in [-0.15, -0.1) is 0 Å². The van der Waals surface area contributed by atoms with Gasteiger partial charge in [-0.2, -0.15) is 10.4 Å². The fraction of sp³-hybridized carbons (Fsp3) is 0.692. The van der Waals surface area contributed by atoms with Crippen LogP contribution in [0.25, 0.3) is 0 Å². The molecule has 6 nitrogen and oxygen atoms in total. The predicted octanol–water partition coefficient (Wildman–Crippen LogP) is 1.10. The number of hydrogen-bond donors (Lipinski definition) is 2. The third-order valence-electron chi connectivity index (χ3n) is 3.57. The van der Waals surface area contributed by atoms with Crippen LogP contribution in [0.5, 0.6) is 0 Å². The van der Waals surface area contributed by atoms with Crippen LogP contribution in [-0.2, 0) is 6.54 Å². The zero-order chi connectivity index (χ0) is 13.8. The molecule has 1 aromatic heterocycles. The van der Waals surface area contributed by atoms with E-state index >= 15 is 0 Å². The van der Waals surface area contributed by atoms with Gasteiger partial charge in [0, 0.05) is 19.6 Å². The summed E-state index contributed by atoms with van der Waals surface area (Å²) < 4.78 is 1.72. The summed E-state index contributed by atoms with van der Waals surface area (Å²) in [5, 5.41) is 23.3. The quantitative estimate of drug-likeness (QED) is 0.848. The van der Waals surface area contributed by atoms with Gasteiger partial charge >= 0.3 is 0 Å². The SMILES string of the molecule is CCCCn1nc(N2CCC(O)CC2)c(C#N)c1N. The highest BCUT2D eigenvalue weighted by molar-refractivity contribution is 5.65. The summed E-state index contributed by atoms with van der Waals surface area (Å²) >= 11 is 0. The molecule has 1 saturated heterocycles. The van der Waals surface area contributed by atoms with Crippen molar-refractivity contribution in [2.24, 2.45) is 0 Å². The van der Waals surface area contributed by atoms with Gasteiger partial charge in [-0.1, -0.05) is 13.3 Å². The zero-order valence-corrected chi connectivity index (χ0v) is 11.3. The normalized spacial score (nSPS) is 16.6. The van der Waals surface area contributed by atoms with Crippen molar-refractivity contribution in [1.82, 2.24) is 9.78 Å². The average Bonchev–Trinajstić information content (AvgIpc) is 2.73. The Morgan fingerprint density at radius 1 is 1.47 bits per heavy atom. The Morgan fingerprint density at radius 3 is 2.74 bits per heavy atom. The number of rotatable bonds is 4. The van der Waals surface area contributed by atoms with Gasteiger partial charge in [0.25, 0.3) is 0 Å². The minimum atomic E-state index is -0.235. The maximum absolute atomic E-state index is 9.53. The highest BCUT2D eigenvalue weighted by Gasteiger charge is 2.24. The second-order valence-corrected chi connectivity index (χ2v) is 4.99. The number of nitrogens with two attached hydrogens (primary N) is 1. The first-order chi connectivity index (χ1) is 9.17. The minimum absolute atomic E-state index is 0.235. The van der Waals surface area contributed by atoms with Gasteiger partial charge in [-0.3, -0.25) is 0 Å². The van der Waals surface area contributed by atoms with E-state index in [1.807, 2.05) is 4.90 Å². The molecule has 1 aliphatic heterocycles. The number of anilines is 2. The molecule has 1 aromatic rings. The fourth-order valence-electron chi connectivity index (χ4n) is 2.35. The number of nitrogen functional groups attached to an aromatic ring is 1. The van der Waals surface area contributed by atoms with E-state index in [1.54, 1.807) is 4.68 Å². The molecule has 0 amide bonds. The van der Waals surface area contributed by atoms with Crippen LogP contribution in [0, 0.1) is 11.3 Å². The number of aromatic nitrogens is 2. The Hall–Kier alpha value is -1.74. The van der Waals surface area contributed by atoms with Crippen LogP contribution in [0.4, 0.5) is 11.6 Å². The first-order valence-electron chi connectivity index (χ1n) is 6.86. The molecular weight excluding hydrogens is 242 g/mol. The summed E-state index contributed by atoms with van der Waals surface area (Å²) in [4.78, 5) is 2.05. The van der Waals surface area contributed by atoms with E-state index in [0.29, 0.717) is 30.0 Å². The van der Waals surface area contributed by atoms with Crippen LogP contribution in [-0.4, -0.2) is 34.1 Å². The van der Waals surface area contributed by atoms with Gasteiger partial charge < -0.3 is 15.7 Å². The lowest BCUT2D eigenvalue weighted by molar-refractivity contribution is 0.145. The van der Waals surface area contributed by atoms with E-state index in [2.05, 4.69) is 18.1 Å². The van der Waals surface area contributed by atoms with Crippen molar-refractivity contribution < 1.29 is 5.11 Å². The second-order valence-electron chi connectivity index (χ2n) is 4.99. The first kappa shape index (κ1) is 13.7. The monoisotopic (exact) mass is 263 g/mol. The molecule has 104 valence electrons. The molecule has 0 bridgehead atoms. The van der Waals surface area contributed by atoms with Gasteiger partial charge in [-0.25, -0.2) is 4.68 Å². The third-order valence-corrected chi connectivity index (χ3v) is 3.57. The Kier molecular flexibility index (Phi) is 4.27. The zero-order valence-electron chi connectivity index (χ0n) is 11.3. The van der Waals surface area contributed by atoms with Crippen molar-refractivity contribution in [2.45, 2.75) is 45.3 Å². The smallest absolute Gasteiger partial charge is 0.170 e. The highest BCUT2D eigenvalue weighted by Crippen LogP contribution is 2.27. The standard InChI is InChI=1S/C13H21N5O/c1-2-3-6-18-12(15)11(9-14)13(16-18)17-7-4-10(19)5-8-17/h10,19H,2-8,15H2,1H3. The van der Waals surface area contributed by atoms with Crippen LogP contribution in [0.15, 0.2) is 0 Å². The lowest BCUT2D eigenvalue weighted by atomic mass is 10.1. The largest absolute Gasteiger partial charge is 0.393 e. The van der Waals surface area contributed by atoms with Crippen molar-refractivity contribution in [3.05, 3.63) is 5.56 Å². The van der Waals surface area contributed by atoms with Crippen LogP contribution in [0.2, 0.25) is 0 Å². The molecule has 6 heteroatoms. The van der Waals surface area contributed by atoms with E-state index in [1.165, 1.54) is 0 Å². The number of aryl methyl sites for hydroxylation is 1. The molecule has 3 N–H and O–H groups in total. The van der Waals surface area contributed by atoms with E-state index in [9.17, 15) is 10.4 Å². The number of aliphatic hydroxyl groups is 1. The van der Waals surface area contributed by atoms with Crippen molar-refractivity contribution >= 4 is 11.6 Å². The molecule has 1 aliphatic rings. The predicted molar refractivity (Wildman–Crippen MR) is 73.7 cm³/mol. The number of piperidine rings is 1. The van der Waals surface area contributed by atoms with Crippen molar-refractivity contribution in [2.75, 3.05) is 23.7 Å². The molecule has 19 heavy (non-hydrogen) atoms. The summed E-state index contributed by atoms with van der Waals surface area (Å²) in [7, 11) is 0. The van der Waals surface area contributed by atoms with Gasteiger partial charge in [0.15, 0.2) is 5.82 Å². The number of unbranched alkanes of at least 4 members (excludes halogenated alkanes) is 1. The molecule has 0 unspecified atom stereocenters. The highest BCUT2D eigenvalue weighted by atomic mass is 16.3. The Bertz CT molecular complexity index is 468. The third kappa shape index (κ3) is 2.82. The van der Waals surface area contributed by atoms with E-state index in [0.717, 1.165) is 32.5 Å². The summed E-state index contributed by atoms with van der Waals surface area (Å²) in [5.74, 6) is 1.13. The Morgan fingerprint density at radius 2 is 2.16 bits per heavy atom. The molecule has 2 heterocycles. The summed E-state index contributed by atoms with van der Waals surface area (Å²) in [6.07, 6.45) is 3.25. The molecule has 0 radical (unpaired) electrons. The summed E-state index contributed by atoms with van der Waals surface area (Å²) in [6.45, 7) is 4.30. The molecule has 2 rings (SSSR count). The van der Waals surface area contributed by atoms with E-state index in [-0.39, 0.29) is 6.10 Å². The van der Waals surface area contributed by atoms with E-state index < -0.39 is 0 Å². The van der Waals surface area contributed by atoms with Crippen molar-refractivity contribution in [1.29, 1.82) is 5.26 Å². The lowest BCUT2D eigenvalue weighted by Gasteiger charge is -2.29. The van der Waals surface area contributed by atoms with Crippen molar-refractivity contribution in [3.63, 3.8) is 0 Å². The number of nitrogens with zero attached hydrogens (tertiary/aromatic N) is 4.